The fraction of sp³-hybridized carbons (Fsp3) is 0.538. The summed E-state index contributed by atoms with van der Waals surface area (Å²) in [6.07, 6.45) is 0.954. The Morgan fingerprint density at radius 3 is 2.72 bits per heavy atom. The van der Waals surface area contributed by atoms with E-state index in [0.717, 1.165) is 19.5 Å². The molecule has 1 fully saturated rings. The van der Waals surface area contributed by atoms with E-state index in [1.54, 1.807) is 0 Å². The molecule has 0 aliphatic carbocycles. The number of benzene rings is 1. The molecule has 1 aromatic rings. The van der Waals surface area contributed by atoms with E-state index in [-0.39, 0.29) is 10.3 Å². The monoisotopic (exact) mass is 318 g/mol. The minimum atomic E-state index is -0.424. The molecule has 1 unspecified atom stereocenters. The first-order valence-electron chi connectivity index (χ1n) is 6.13. The Kier molecular flexibility index (Phi) is 4.22. The molecule has 0 radical (unpaired) electrons. The van der Waals surface area contributed by atoms with Crippen LogP contribution < -0.4 is 10.2 Å². The van der Waals surface area contributed by atoms with E-state index in [2.05, 4.69) is 35.1 Å². The lowest BCUT2D eigenvalue weighted by atomic mass is 10.2. The van der Waals surface area contributed by atoms with Crippen molar-refractivity contribution >= 4 is 21.6 Å². The van der Waals surface area contributed by atoms with Crippen LogP contribution >= 0.6 is 15.9 Å². The highest BCUT2D eigenvalue weighted by molar-refractivity contribution is 9.10. The molecule has 0 amide bonds. The van der Waals surface area contributed by atoms with Gasteiger partial charge in [0, 0.05) is 31.2 Å². The van der Waals surface area contributed by atoms with Gasteiger partial charge in [0.2, 0.25) is 0 Å². The third-order valence-corrected chi connectivity index (χ3v) is 3.70. The summed E-state index contributed by atoms with van der Waals surface area (Å²) in [5.41, 5.74) is 0.351. The van der Waals surface area contributed by atoms with Crippen molar-refractivity contribution in [3.63, 3.8) is 0 Å². The van der Waals surface area contributed by atoms with Crippen molar-refractivity contribution in [2.75, 3.05) is 18.0 Å². The summed E-state index contributed by atoms with van der Waals surface area (Å²) in [5, 5.41) is 3.42. The molecule has 1 heterocycles. The zero-order valence-electron chi connectivity index (χ0n) is 10.5. The molecule has 1 aliphatic heterocycles. The molecule has 2 rings (SSSR count). The molecule has 1 N–H and O–H groups in total. The fourth-order valence-electron chi connectivity index (χ4n) is 2.34. The second kappa shape index (κ2) is 5.53. The molecule has 5 heteroatoms. The van der Waals surface area contributed by atoms with Gasteiger partial charge in [-0.3, -0.25) is 0 Å². The van der Waals surface area contributed by atoms with E-state index < -0.39 is 5.82 Å². The van der Waals surface area contributed by atoms with Gasteiger partial charge in [0.1, 0.15) is 11.6 Å². The van der Waals surface area contributed by atoms with Crippen LogP contribution in [0.25, 0.3) is 0 Å². The van der Waals surface area contributed by atoms with E-state index in [1.165, 1.54) is 12.1 Å². The standard InChI is InChI=1S/C13H17BrF2N2/c1-8(2)17-9-3-4-18(7-9)13-6-11(15)10(14)5-12(13)16/h5-6,8-9,17H,3-4,7H2,1-2H3. The highest BCUT2D eigenvalue weighted by Gasteiger charge is 2.25. The van der Waals surface area contributed by atoms with Gasteiger partial charge in [0.05, 0.1) is 10.2 Å². The third kappa shape index (κ3) is 3.01. The third-order valence-electron chi connectivity index (χ3n) is 3.09. The van der Waals surface area contributed by atoms with Gasteiger partial charge < -0.3 is 10.2 Å². The summed E-state index contributed by atoms with van der Waals surface area (Å²) in [5.74, 6) is -0.805. The Bertz CT molecular complexity index is 437. The summed E-state index contributed by atoms with van der Waals surface area (Å²) in [7, 11) is 0. The van der Waals surface area contributed by atoms with E-state index in [9.17, 15) is 8.78 Å². The van der Waals surface area contributed by atoms with Gasteiger partial charge in [-0.25, -0.2) is 8.78 Å². The molecule has 0 aromatic heterocycles. The topological polar surface area (TPSA) is 15.3 Å². The van der Waals surface area contributed by atoms with Crippen LogP contribution in [0.3, 0.4) is 0 Å². The fourth-order valence-corrected chi connectivity index (χ4v) is 2.66. The molecular formula is C13H17BrF2N2. The van der Waals surface area contributed by atoms with Crippen molar-refractivity contribution in [1.29, 1.82) is 0 Å². The second-order valence-corrected chi connectivity index (χ2v) is 5.83. The maximum Gasteiger partial charge on any atom is 0.147 e. The van der Waals surface area contributed by atoms with Gasteiger partial charge in [0.25, 0.3) is 0 Å². The Morgan fingerprint density at radius 2 is 2.06 bits per heavy atom. The van der Waals surface area contributed by atoms with Crippen LogP contribution in [-0.2, 0) is 0 Å². The maximum absolute atomic E-state index is 13.8. The molecule has 0 saturated carbocycles. The summed E-state index contributed by atoms with van der Waals surface area (Å²) < 4.78 is 27.4. The normalized spacial score (nSPS) is 19.9. The van der Waals surface area contributed by atoms with Crippen molar-refractivity contribution in [2.45, 2.75) is 32.4 Å². The molecule has 1 atom stereocenters. The predicted octanol–water partition coefficient (Wildman–Crippen LogP) is 3.30. The first kappa shape index (κ1) is 13.7. The van der Waals surface area contributed by atoms with Gasteiger partial charge in [-0.2, -0.15) is 0 Å². The smallest absolute Gasteiger partial charge is 0.147 e. The van der Waals surface area contributed by atoms with Gasteiger partial charge in [-0.15, -0.1) is 0 Å². The van der Waals surface area contributed by atoms with Gasteiger partial charge >= 0.3 is 0 Å². The van der Waals surface area contributed by atoms with Gasteiger partial charge in [0.15, 0.2) is 0 Å². The molecule has 100 valence electrons. The molecule has 1 aromatic carbocycles. The lowest BCUT2D eigenvalue weighted by Crippen LogP contribution is -2.37. The van der Waals surface area contributed by atoms with E-state index in [4.69, 9.17) is 0 Å². The number of halogens is 3. The molecule has 0 spiro atoms. The van der Waals surface area contributed by atoms with Crippen LogP contribution in [0.4, 0.5) is 14.5 Å². The quantitative estimate of drug-likeness (QED) is 0.860. The first-order valence-corrected chi connectivity index (χ1v) is 6.92. The average Bonchev–Trinajstić information content (AvgIpc) is 2.70. The largest absolute Gasteiger partial charge is 0.367 e. The number of nitrogens with one attached hydrogen (secondary N) is 1. The molecule has 1 saturated heterocycles. The Hall–Kier alpha value is -0.680. The zero-order chi connectivity index (χ0) is 13.3. The van der Waals surface area contributed by atoms with E-state index in [1.807, 2.05) is 4.90 Å². The summed E-state index contributed by atoms with van der Waals surface area (Å²) in [6.45, 7) is 5.64. The number of anilines is 1. The molecule has 0 bridgehead atoms. The minimum Gasteiger partial charge on any atom is -0.367 e. The number of rotatable bonds is 3. The molecular weight excluding hydrogens is 302 g/mol. The lowest BCUT2D eigenvalue weighted by molar-refractivity contribution is 0.491. The van der Waals surface area contributed by atoms with Crippen LogP contribution in [0.15, 0.2) is 16.6 Å². The van der Waals surface area contributed by atoms with Crippen molar-refractivity contribution in [1.82, 2.24) is 5.32 Å². The van der Waals surface area contributed by atoms with Crippen molar-refractivity contribution in [3.05, 3.63) is 28.2 Å². The number of nitrogens with zero attached hydrogens (tertiary/aromatic N) is 1. The van der Waals surface area contributed by atoms with Crippen LogP contribution in [0, 0.1) is 11.6 Å². The van der Waals surface area contributed by atoms with Crippen LogP contribution in [0.1, 0.15) is 20.3 Å². The van der Waals surface area contributed by atoms with Crippen molar-refractivity contribution < 1.29 is 8.78 Å². The van der Waals surface area contributed by atoms with Gasteiger partial charge in [-0.1, -0.05) is 13.8 Å². The minimum absolute atomic E-state index is 0.166. The molecule has 2 nitrogen and oxygen atoms in total. The highest BCUT2D eigenvalue weighted by atomic mass is 79.9. The lowest BCUT2D eigenvalue weighted by Gasteiger charge is -2.21. The Balaban J connectivity index is 2.12. The average molecular weight is 319 g/mol. The SMILES string of the molecule is CC(C)NC1CCN(c2cc(F)c(Br)cc2F)C1. The highest BCUT2D eigenvalue weighted by Crippen LogP contribution is 2.28. The molecule has 1 aliphatic rings. The predicted molar refractivity (Wildman–Crippen MR) is 72.9 cm³/mol. The van der Waals surface area contributed by atoms with Crippen LogP contribution in [0.2, 0.25) is 0 Å². The van der Waals surface area contributed by atoms with E-state index >= 15 is 0 Å². The second-order valence-electron chi connectivity index (χ2n) is 4.97. The Labute approximate surface area is 114 Å². The van der Waals surface area contributed by atoms with Crippen LogP contribution in [0.5, 0.6) is 0 Å². The zero-order valence-corrected chi connectivity index (χ0v) is 12.1. The number of hydrogen-bond donors (Lipinski definition) is 1. The summed E-state index contributed by atoms with van der Waals surface area (Å²) >= 11 is 2.99. The Morgan fingerprint density at radius 1 is 1.33 bits per heavy atom. The molecule has 18 heavy (non-hydrogen) atoms. The number of hydrogen-bond acceptors (Lipinski definition) is 2. The summed E-state index contributed by atoms with van der Waals surface area (Å²) in [4.78, 5) is 1.89. The van der Waals surface area contributed by atoms with Crippen molar-refractivity contribution in [2.24, 2.45) is 0 Å². The maximum atomic E-state index is 13.8. The van der Waals surface area contributed by atoms with E-state index in [0.29, 0.717) is 17.8 Å². The van der Waals surface area contributed by atoms with Crippen molar-refractivity contribution in [3.8, 4) is 0 Å². The summed E-state index contributed by atoms with van der Waals surface area (Å²) in [6, 6.07) is 3.20. The first-order chi connectivity index (χ1) is 8.47. The van der Waals surface area contributed by atoms with Gasteiger partial charge in [-0.05, 0) is 28.4 Å². The van der Waals surface area contributed by atoms with Crippen LogP contribution in [-0.4, -0.2) is 25.2 Å².